The molecule has 7 amide bonds. The fraction of sp³-hybridized carbons (Fsp3) is 0.458. The highest BCUT2D eigenvalue weighted by atomic mass is 35.5. The number of carbonyl (C=O) groups excluding carboxylic acids is 7. The molecule has 22 heteroatoms. The molecule has 1 aliphatic carbocycles. The van der Waals surface area contributed by atoms with Crippen LogP contribution in [0.15, 0.2) is 55.1 Å². The van der Waals surface area contributed by atoms with Crippen LogP contribution in [0.4, 0.5) is 20.7 Å². The number of nitrogens with zero attached hydrogens (tertiary/aromatic N) is 8. The lowest BCUT2D eigenvalue weighted by atomic mass is 9.93. The van der Waals surface area contributed by atoms with E-state index in [0.717, 1.165) is 74.0 Å². The minimum absolute atomic E-state index is 0.00898. The third-order valence-electron chi connectivity index (χ3n) is 13.4. The first-order chi connectivity index (χ1) is 33.8. The van der Waals surface area contributed by atoms with Gasteiger partial charge in [-0.25, -0.2) is 9.18 Å². The third kappa shape index (κ3) is 11.3. The number of nitriles is 1. The number of aromatic nitrogens is 2. The Bertz CT molecular complexity index is 2570. The standard InChI is InChI=1S/C48H53ClFN11O9/c1-2-21-69-48(68)52-26-42(62)53-28-60-43(63)12-10-39(47(60)67)61-45(65)34-23-37(50)40(24-35(34)46(61)66)58-19-17-57(18-20-58)27-29-13-15-59(16-14-29)41-11-9-38(55-56-41)44(64)54-31-4-7-32(8-5-31)70-33-6-3-30(25-51)36(49)22-33/h2-3,6,9,11,22-24,29,31-32,39H,1,4-5,7-8,10,12-21,26-28H2,(H,52,68)(H,53,62)(H,54,64). The van der Waals surface area contributed by atoms with Crippen molar-refractivity contribution in [2.24, 2.45) is 5.92 Å². The summed E-state index contributed by atoms with van der Waals surface area (Å²) in [5.74, 6) is -3.03. The second-order valence-electron chi connectivity index (χ2n) is 17.9. The number of imide groups is 2. The highest BCUT2D eigenvalue weighted by Crippen LogP contribution is 2.35. The molecule has 0 bridgehead atoms. The molecule has 8 rings (SSSR count). The molecule has 4 aliphatic heterocycles. The SMILES string of the molecule is C=CCOC(=O)NCC(=O)NCN1C(=O)CCC(N2C(=O)c3cc(F)c(N4CCN(CC5CCN(c6ccc(C(=O)NC7CCC(Oc8ccc(C#N)c(Cl)c8)CC7)nn6)CC5)CC4)cc3C2=O)C1=O. The summed E-state index contributed by atoms with van der Waals surface area (Å²) in [5, 5.41) is 25.8. The predicted molar refractivity (Wildman–Crippen MR) is 250 cm³/mol. The highest BCUT2D eigenvalue weighted by molar-refractivity contribution is 6.31. The Hall–Kier alpha value is -7.18. The van der Waals surface area contributed by atoms with Crippen molar-refractivity contribution in [2.75, 3.05) is 75.4 Å². The largest absolute Gasteiger partial charge is 0.490 e. The van der Waals surface area contributed by atoms with Crippen molar-refractivity contribution >= 4 is 64.6 Å². The summed E-state index contributed by atoms with van der Waals surface area (Å²) in [5.41, 5.74) is 0.619. The topological polar surface area (TPSA) is 240 Å². The van der Waals surface area contributed by atoms with Gasteiger partial charge in [-0.15, -0.1) is 10.2 Å². The van der Waals surface area contributed by atoms with Crippen molar-refractivity contribution in [3.63, 3.8) is 0 Å². The molecule has 1 atom stereocenters. The molecule has 3 aromatic rings. The van der Waals surface area contributed by atoms with Crippen LogP contribution < -0.4 is 30.5 Å². The van der Waals surface area contributed by atoms with E-state index < -0.39 is 60.7 Å². The van der Waals surface area contributed by atoms with Crippen molar-refractivity contribution in [1.82, 2.24) is 40.8 Å². The van der Waals surface area contributed by atoms with Crippen LogP contribution in [0.1, 0.15) is 88.1 Å². The Labute approximate surface area is 408 Å². The number of anilines is 2. The van der Waals surface area contributed by atoms with Crippen LogP contribution in [0.5, 0.6) is 5.75 Å². The fourth-order valence-electron chi connectivity index (χ4n) is 9.52. The maximum atomic E-state index is 15.8. The Kier molecular flexibility index (Phi) is 15.5. The van der Waals surface area contributed by atoms with Gasteiger partial charge in [0.15, 0.2) is 11.5 Å². The van der Waals surface area contributed by atoms with E-state index in [1.54, 1.807) is 24.3 Å². The van der Waals surface area contributed by atoms with Gasteiger partial charge in [-0.2, -0.15) is 5.26 Å². The van der Waals surface area contributed by atoms with Gasteiger partial charge in [0.25, 0.3) is 23.6 Å². The number of hydrogen-bond acceptors (Lipinski definition) is 15. The van der Waals surface area contributed by atoms with Crippen molar-refractivity contribution in [1.29, 1.82) is 5.26 Å². The van der Waals surface area contributed by atoms with Crippen LogP contribution in [-0.2, 0) is 19.1 Å². The number of halogens is 2. The van der Waals surface area contributed by atoms with Crippen LogP contribution in [0.2, 0.25) is 5.02 Å². The summed E-state index contributed by atoms with van der Waals surface area (Å²) in [7, 11) is 0. The van der Waals surface area contributed by atoms with Crippen LogP contribution in [-0.4, -0.2) is 150 Å². The molecule has 3 saturated heterocycles. The Morgan fingerprint density at radius 3 is 2.27 bits per heavy atom. The van der Waals surface area contributed by atoms with Gasteiger partial charge in [0.1, 0.15) is 43.5 Å². The monoisotopic (exact) mass is 981 g/mol. The molecular weight excluding hydrogens is 929 g/mol. The third-order valence-corrected chi connectivity index (χ3v) is 13.7. The van der Waals surface area contributed by atoms with Gasteiger partial charge in [-0.3, -0.25) is 43.5 Å². The molecule has 5 aliphatic rings. The lowest BCUT2D eigenvalue weighted by molar-refractivity contribution is -0.152. The van der Waals surface area contributed by atoms with Gasteiger partial charge >= 0.3 is 6.09 Å². The smallest absolute Gasteiger partial charge is 0.407 e. The molecule has 0 spiro atoms. The first-order valence-electron chi connectivity index (χ1n) is 23.4. The average molecular weight is 982 g/mol. The normalized spacial score (nSPS) is 21.0. The summed E-state index contributed by atoms with van der Waals surface area (Å²) < 4.78 is 26.6. The van der Waals surface area contributed by atoms with E-state index in [2.05, 4.69) is 42.5 Å². The number of rotatable bonds is 15. The number of likely N-dealkylation sites (tertiary alicyclic amines) is 1. The van der Waals surface area contributed by atoms with Crippen LogP contribution in [0.25, 0.3) is 0 Å². The van der Waals surface area contributed by atoms with Gasteiger partial charge in [0, 0.05) is 64.3 Å². The molecular formula is C48H53ClFN11O9. The van der Waals surface area contributed by atoms with Gasteiger partial charge in [-0.1, -0.05) is 24.3 Å². The van der Waals surface area contributed by atoms with Gasteiger partial charge in [0.05, 0.1) is 33.5 Å². The minimum Gasteiger partial charge on any atom is -0.490 e. The van der Waals surface area contributed by atoms with Gasteiger partial charge in [-0.05, 0) is 87.3 Å². The van der Waals surface area contributed by atoms with E-state index in [-0.39, 0.29) is 60.0 Å². The molecule has 5 heterocycles. The molecule has 3 N–H and O–H groups in total. The number of ether oxygens (including phenoxy) is 2. The zero-order valence-electron chi connectivity index (χ0n) is 38.4. The molecule has 0 radical (unpaired) electrons. The second kappa shape index (κ2) is 22.1. The number of nitrogens with one attached hydrogen (secondary N) is 3. The number of carbonyl (C=O) groups is 7. The molecule has 2 aromatic carbocycles. The van der Waals surface area contributed by atoms with E-state index in [1.807, 2.05) is 17.0 Å². The molecule has 368 valence electrons. The number of amides is 7. The number of piperazine rings is 1. The van der Waals surface area contributed by atoms with E-state index in [1.165, 1.54) is 12.1 Å². The Morgan fingerprint density at radius 1 is 0.871 bits per heavy atom. The van der Waals surface area contributed by atoms with Crippen LogP contribution in [0.3, 0.4) is 0 Å². The first kappa shape index (κ1) is 49.2. The maximum Gasteiger partial charge on any atom is 0.407 e. The van der Waals surface area contributed by atoms with E-state index in [4.69, 9.17) is 26.3 Å². The highest BCUT2D eigenvalue weighted by Gasteiger charge is 2.48. The molecule has 20 nitrogen and oxygen atoms in total. The van der Waals surface area contributed by atoms with Gasteiger partial charge < -0.3 is 35.2 Å². The van der Waals surface area contributed by atoms with E-state index in [0.29, 0.717) is 54.3 Å². The number of alkyl carbamates (subject to hydrolysis) is 1. The molecule has 70 heavy (non-hydrogen) atoms. The summed E-state index contributed by atoms with van der Waals surface area (Å²) in [6, 6.07) is 11.6. The Morgan fingerprint density at radius 2 is 1.60 bits per heavy atom. The van der Waals surface area contributed by atoms with Crippen molar-refractivity contribution in [3.05, 3.63) is 88.3 Å². The zero-order valence-corrected chi connectivity index (χ0v) is 39.1. The number of benzene rings is 2. The number of hydrogen-bond donors (Lipinski definition) is 3. The van der Waals surface area contributed by atoms with E-state index >= 15 is 4.39 Å². The molecule has 1 unspecified atom stereocenters. The summed E-state index contributed by atoms with van der Waals surface area (Å²) >= 11 is 6.15. The predicted octanol–water partition coefficient (Wildman–Crippen LogP) is 3.40. The minimum atomic E-state index is -1.35. The number of piperidine rings is 2. The average Bonchev–Trinajstić information content (AvgIpc) is 3.60. The van der Waals surface area contributed by atoms with Gasteiger partial charge in [0.2, 0.25) is 11.8 Å². The van der Waals surface area contributed by atoms with Crippen LogP contribution >= 0.6 is 11.6 Å². The van der Waals surface area contributed by atoms with Crippen molar-refractivity contribution in [2.45, 2.75) is 69.6 Å². The van der Waals surface area contributed by atoms with E-state index in [9.17, 15) is 33.6 Å². The molecule has 1 aromatic heterocycles. The second-order valence-corrected chi connectivity index (χ2v) is 18.3. The summed E-state index contributed by atoms with van der Waals surface area (Å²) in [4.78, 5) is 98.4. The maximum absolute atomic E-state index is 15.8. The zero-order chi connectivity index (χ0) is 49.5. The van der Waals surface area contributed by atoms with Crippen LogP contribution in [0, 0.1) is 23.1 Å². The lowest BCUT2D eigenvalue weighted by Crippen LogP contribution is -2.58. The first-order valence-corrected chi connectivity index (χ1v) is 23.7. The lowest BCUT2D eigenvalue weighted by Gasteiger charge is -2.39. The summed E-state index contributed by atoms with van der Waals surface area (Å²) in [6.45, 7) is 6.98. The molecule has 4 fully saturated rings. The number of fused-ring (bicyclic) bond motifs is 1. The Balaban J connectivity index is 0.762. The van der Waals surface area contributed by atoms with Crippen molar-refractivity contribution in [3.8, 4) is 11.8 Å². The summed E-state index contributed by atoms with van der Waals surface area (Å²) in [6.07, 6.45) is 5.01. The van der Waals surface area contributed by atoms with Crippen molar-refractivity contribution < 1.29 is 47.4 Å². The molecule has 1 saturated carbocycles. The fourth-order valence-corrected chi connectivity index (χ4v) is 9.73. The quantitative estimate of drug-likeness (QED) is 0.146.